The van der Waals surface area contributed by atoms with Gasteiger partial charge in [-0.3, -0.25) is 4.79 Å². The third-order valence-electron chi connectivity index (χ3n) is 2.44. The molecule has 1 fully saturated rings. The van der Waals surface area contributed by atoms with Crippen LogP contribution in [-0.2, 0) is 4.79 Å². The lowest BCUT2D eigenvalue weighted by molar-refractivity contribution is -0.135. The second-order valence-electron chi connectivity index (χ2n) is 3.54. The van der Waals surface area contributed by atoms with Gasteiger partial charge in [0.2, 0.25) is 5.91 Å². The molecule has 1 amide bonds. The lowest BCUT2D eigenvalue weighted by Crippen LogP contribution is -2.49. The molecule has 12 heavy (non-hydrogen) atoms. The number of hydrogen-bond acceptors (Lipinski definition) is 2. The number of amides is 1. The van der Waals surface area contributed by atoms with Crippen molar-refractivity contribution in [3.8, 4) is 0 Å². The van der Waals surface area contributed by atoms with E-state index in [1.54, 1.807) is 6.92 Å². The molecule has 0 aromatic rings. The van der Waals surface area contributed by atoms with Gasteiger partial charge in [0.15, 0.2) is 0 Å². The highest BCUT2D eigenvalue weighted by molar-refractivity contribution is 5.74. The van der Waals surface area contributed by atoms with Crippen molar-refractivity contribution >= 4 is 5.91 Å². The summed E-state index contributed by atoms with van der Waals surface area (Å²) in [4.78, 5) is 12.7. The number of nitrogens with zero attached hydrogens (tertiary/aromatic N) is 1. The third-order valence-corrected chi connectivity index (χ3v) is 2.44. The molecule has 0 atom stereocenters. The largest absolute Gasteiger partial charge is 0.342 e. The average Bonchev–Trinajstić information content (AvgIpc) is 1.93. The van der Waals surface area contributed by atoms with Gasteiger partial charge in [0.05, 0.1) is 0 Å². The van der Waals surface area contributed by atoms with Crippen molar-refractivity contribution in [1.29, 1.82) is 0 Å². The van der Waals surface area contributed by atoms with Crippen molar-refractivity contribution in [3.05, 3.63) is 0 Å². The van der Waals surface area contributed by atoms with E-state index in [4.69, 9.17) is 0 Å². The molecule has 0 radical (unpaired) electrons. The van der Waals surface area contributed by atoms with E-state index in [9.17, 15) is 4.79 Å². The Hall–Kier alpha value is -0.570. The summed E-state index contributed by atoms with van der Waals surface area (Å²) in [6, 6.07) is 0. The van der Waals surface area contributed by atoms with Gasteiger partial charge in [-0.25, -0.2) is 0 Å². The second kappa shape index (κ2) is 4.45. The van der Waals surface area contributed by atoms with Crippen LogP contribution in [0, 0.1) is 5.92 Å². The Morgan fingerprint density at radius 1 is 1.58 bits per heavy atom. The van der Waals surface area contributed by atoms with Crippen LogP contribution in [0.15, 0.2) is 0 Å². The topological polar surface area (TPSA) is 32.3 Å². The lowest BCUT2D eigenvalue weighted by atomic mass is 9.95. The van der Waals surface area contributed by atoms with Crippen LogP contribution in [0.4, 0.5) is 0 Å². The van der Waals surface area contributed by atoms with Gasteiger partial charge in [0.1, 0.15) is 0 Å². The molecule has 1 heterocycles. The summed E-state index contributed by atoms with van der Waals surface area (Å²) in [5.41, 5.74) is 0. The Balaban J connectivity index is 1.98. The van der Waals surface area contributed by atoms with Crippen LogP contribution in [0.3, 0.4) is 0 Å². The summed E-state index contributed by atoms with van der Waals surface area (Å²) in [5.74, 6) is 0.988. The van der Waals surface area contributed by atoms with Crippen molar-refractivity contribution < 1.29 is 4.79 Å². The van der Waals surface area contributed by atoms with E-state index in [-0.39, 0.29) is 5.91 Å². The smallest absolute Gasteiger partial charge is 0.219 e. The molecule has 3 heteroatoms. The van der Waals surface area contributed by atoms with Gasteiger partial charge < -0.3 is 10.2 Å². The molecular weight excluding hydrogens is 152 g/mol. The average molecular weight is 170 g/mol. The SMILES string of the molecule is CNCCCC1CN(C(C)=O)C1. The first-order valence-corrected chi connectivity index (χ1v) is 4.64. The van der Waals surface area contributed by atoms with Crippen LogP contribution in [0.5, 0.6) is 0 Å². The molecule has 0 spiro atoms. The molecule has 0 bridgehead atoms. The molecule has 1 rings (SSSR count). The fraction of sp³-hybridized carbons (Fsp3) is 0.889. The van der Waals surface area contributed by atoms with Crippen LogP contribution in [0.1, 0.15) is 19.8 Å². The number of carbonyl (C=O) groups excluding carboxylic acids is 1. The van der Waals surface area contributed by atoms with Gasteiger partial charge in [-0.1, -0.05) is 0 Å². The van der Waals surface area contributed by atoms with Crippen LogP contribution < -0.4 is 5.32 Å². The first-order chi connectivity index (χ1) is 5.74. The highest BCUT2D eigenvalue weighted by Gasteiger charge is 2.27. The van der Waals surface area contributed by atoms with Gasteiger partial charge in [0, 0.05) is 20.0 Å². The van der Waals surface area contributed by atoms with Gasteiger partial charge in [-0.2, -0.15) is 0 Å². The van der Waals surface area contributed by atoms with Crippen LogP contribution in [-0.4, -0.2) is 37.5 Å². The maximum atomic E-state index is 10.8. The standard InChI is InChI=1S/C9H18N2O/c1-8(12)11-6-9(7-11)4-3-5-10-2/h9-10H,3-7H2,1-2H3. The molecule has 3 nitrogen and oxygen atoms in total. The van der Waals surface area contributed by atoms with E-state index < -0.39 is 0 Å². The van der Waals surface area contributed by atoms with Crippen molar-refractivity contribution in [2.24, 2.45) is 5.92 Å². The van der Waals surface area contributed by atoms with Gasteiger partial charge in [-0.05, 0) is 32.4 Å². The van der Waals surface area contributed by atoms with E-state index in [2.05, 4.69) is 5.32 Å². The molecular formula is C9H18N2O. The molecule has 1 aliphatic heterocycles. The number of carbonyl (C=O) groups is 1. The Morgan fingerprint density at radius 3 is 2.75 bits per heavy atom. The number of hydrogen-bond donors (Lipinski definition) is 1. The van der Waals surface area contributed by atoms with Crippen molar-refractivity contribution in [1.82, 2.24) is 10.2 Å². The first-order valence-electron chi connectivity index (χ1n) is 4.64. The van der Waals surface area contributed by atoms with Crippen molar-refractivity contribution in [2.45, 2.75) is 19.8 Å². The van der Waals surface area contributed by atoms with E-state index >= 15 is 0 Å². The zero-order valence-corrected chi connectivity index (χ0v) is 7.97. The molecule has 0 saturated carbocycles. The molecule has 70 valence electrons. The predicted octanol–water partition coefficient (Wildman–Crippen LogP) is 0.464. The monoisotopic (exact) mass is 170 g/mol. The zero-order valence-electron chi connectivity index (χ0n) is 7.97. The minimum atomic E-state index is 0.222. The molecule has 0 unspecified atom stereocenters. The maximum Gasteiger partial charge on any atom is 0.219 e. The second-order valence-corrected chi connectivity index (χ2v) is 3.54. The fourth-order valence-corrected chi connectivity index (χ4v) is 1.58. The Morgan fingerprint density at radius 2 is 2.25 bits per heavy atom. The first kappa shape index (κ1) is 9.52. The molecule has 0 aromatic heterocycles. The molecule has 1 aliphatic rings. The normalized spacial score (nSPS) is 17.7. The fourth-order valence-electron chi connectivity index (χ4n) is 1.58. The van der Waals surface area contributed by atoms with Crippen LogP contribution in [0.25, 0.3) is 0 Å². The van der Waals surface area contributed by atoms with Crippen LogP contribution >= 0.6 is 0 Å². The van der Waals surface area contributed by atoms with Crippen molar-refractivity contribution in [3.63, 3.8) is 0 Å². The minimum absolute atomic E-state index is 0.222. The highest BCUT2D eigenvalue weighted by Crippen LogP contribution is 2.19. The van der Waals surface area contributed by atoms with E-state index in [1.165, 1.54) is 12.8 Å². The van der Waals surface area contributed by atoms with Crippen LogP contribution in [0.2, 0.25) is 0 Å². The van der Waals surface area contributed by atoms with E-state index in [0.29, 0.717) is 0 Å². The summed E-state index contributed by atoms with van der Waals surface area (Å²) in [5, 5.41) is 3.12. The van der Waals surface area contributed by atoms with Crippen molar-refractivity contribution in [2.75, 3.05) is 26.7 Å². The number of likely N-dealkylation sites (tertiary alicyclic amines) is 1. The summed E-state index contributed by atoms with van der Waals surface area (Å²) >= 11 is 0. The number of nitrogens with one attached hydrogen (secondary N) is 1. The summed E-state index contributed by atoms with van der Waals surface area (Å²) < 4.78 is 0. The van der Waals surface area contributed by atoms with Gasteiger partial charge in [0.25, 0.3) is 0 Å². The van der Waals surface area contributed by atoms with E-state index in [0.717, 1.165) is 25.6 Å². The Labute approximate surface area is 74.1 Å². The Bertz CT molecular complexity index is 153. The van der Waals surface area contributed by atoms with Gasteiger partial charge >= 0.3 is 0 Å². The van der Waals surface area contributed by atoms with E-state index in [1.807, 2.05) is 11.9 Å². The van der Waals surface area contributed by atoms with Gasteiger partial charge in [-0.15, -0.1) is 0 Å². The summed E-state index contributed by atoms with van der Waals surface area (Å²) in [6.07, 6.45) is 2.48. The summed E-state index contributed by atoms with van der Waals surface area (Å²) in [7, 11) is 1.97. The number of rotatable bonds is 4. The molecule has 0 aliphatic carbocycles. The molecule has 1 saturated heterocycles. The molecule has 0 aromatic carbocycles. The minimum Gasteiger partial charge on any atom is -0.342 e. The molecule has 1 N–H and O–H groups in total. The predicted molar refractivity (Wildman–Crippen MR) is 48.9 cm³/mol. The zero-order chi connectivity index (χ0) is 8.97. The Kier molecular flexibility index (Phi) is 3.53. The quantitative estimate of drug-likeness (QED) is 0.622. The maximum absolute atomic E-state index is 10.8. The third kappa shape index (κ3) is 2.48. The lowest BCUT2D eigenvalue weighted by Gasteiger charge is -2.38. The highest BCUT2D eigenvalue weighted by atomic mass is 16.2. The summed E-state index contributed by atoms with van der Waals surface area (Å²) in [6.45, 7) is 4.71.